The number of hydrogen-bond acceptors (Lipinski definition) is 6. The summed E-state index contributed by atoms with van der Waals surface area (Å²) < 4.78 is 1.76. The molecule has 34 heavy (non-hydrogen) atoms. The number of anilines is 2. The monoisotopic (exact) mass is 472 g/mol. The van der Waals surface area contributed by atoms with Crippen LogP contribution in [0.3, 0.4) is 0 Å². The van der Waals surface area contributed by atoms with E-state index < -0.39 is 0 Å². The van der Waals surface area contributed by atoms with Crippen LogP contribution in [0, 0.1) is 0 Å². The van der Waals surface area contributed by atoms with Gasteiger partial charge in [-0.05, 0) is 59.0 Å². The van der Waals surface area contributed by atoms with Crippen LogP contribution in [0.4, 0.5) is 11.4 Å². The van der Waals surface area contributed by atoms with Crippen LogP contribution in [0.2, 0.25) is 5.02 Å². The van der Waals surface area contributed by atoms with Crippen molar-refractivity contribution in [3.63, 3.8) is 0 Å². The Morgan fingerprint density at radius 3 is 2.68 bits per heavy atom. The van der Waals surface area contributed by atoms with Crippen LogP contribution in [0.15, 0.2) is 67.0 Å². The molecule has 0 bridgehead atoms. The first-order valence-corrected chi connectivity index (χ1v) is 10.5. The first-order chi connectivity index (χ1) is 16.5. The molecule has 11 heteroatoms. The Morgan fingerprint density at radius 2 is 1.91 bits per heavy atom. The number of nitrogens with zero attached hydrogens (tertiary/aromatic N) is 5. The van der Waals surface area contributed by atoms with Gasteiger partial charge in [0.15, 0.2) is 5.82 Å². The van der Waals surface area contributed by atoms with E-state index in [1.54, 1.807) is 60.3 Å². The van der Waals surface area contributed by atoms with Gasteiger partial charge in [-0.15, -0.1) is 5.10 Å². The van der Waals surface area contributed by atoms with E-state index in [1.807, 2.05) is 12.1 Å². The topological polar surface area (TPSA) is 130 Å². The van der Waals surface area contributed by atoms with Gasteiger partial charge in [0.25, 0.3) is 11.8 Å². The summed E-state index contributed by atoms with van der Waals surface area (Å²) in [6.07, 6.45) is 3.10. The molecule has 5 rings (SSSR count). The summed E-state index contributed by atoms with van der Waals surface area (Å²) in [6.45, 7) is 0. The lowest BCUT2D eigenvalue weighted by Crippen LogP contribution is -2.16. The van der Waals surface area contributed by atoms with Crippen LogP contribution in [-0.2, 0) is 7.05 Å². The normalized spacial score (nSPS) is 10.9. The largest absolute Gasteiger partial charge is 0.340 e. The van der Waals surface area contributed by atoms with Gasteiger partial charge in [0.05, 0.1) is 16.8 Å². The maximum absolute atomic E-state index is 13.2. The van der Waals surface area contributed by atoms with Crippen LogP contribution in [-0.4, -0.2) is 42.0 Å². The molecule has 2 aromatic carbocycles. The highest BCUT2D eigenvalue weighted by atomic mass is 35.5. The van der Waals surface area contributed by atoms with Gasteiger partial charge in [-0.2, -0.15) is 0 Å². The van der Waals surface area contributed by atoms with E-state index in [2.05, 4.69) is 36.2 Å². The highest BCUT2D eigenvalue weighted by Gasteiger charge is 2.18. The van der Waals surface area contributed by atoms with Gasteiger partial charge in [0.1, 0.15) is 5.69 Å². The number of halogens is 1. The van der Waals surface area contributed by atoms with Crippen LogP contribution in [0.1, 0.15) is 20.8 Å². The fourth-order valence-corrected chi connectivity index (χ4v) is 3.78. The zero-order valence-corrected chi connectivity index (χ0v) is 18.5. The molecule has 2 amide bonds. The molecule has 0 radical (unpaired) electrons. The predicted octanol–water partition coefficient (Wildman–Crippen LogP) is 3.91. The maximum Gasteiger partial charge on any atom is 0.272 e. The molecule has 0 unspecified atom stereocenters. The van der Waals surface area contributed by atoms with Gasteiger partial charge in [-0.1, -0.05) is 17.7 Å². The number of pyridine rings is 1. The van der Waals surface area contributed by atoms with Crippen LogP contribution in [0.5, 0.6) is 0 Å². The van der Waals surface area contributed by atoms with E-state index in [0.717, 1.165) is 10.9 Å². The number of aromatic amines is 1. The molecule has 0 saturated carbocycles. The third-order valence-corrected chi connectivity index (χ3v) is 5.52. The average Bonchev–Trinajstić information content (AvgIpc) is 3.49. The highest BCUT2D eigenvalue weighted by molar-refractivity contribution is 6.31. The number of fused-ring (bicyclic) bond motifs is 1. The molecular weight excluding hydrogens is 456 g/mol. The average molecular weight is 473 g/mol. The van der Waals surface area contributed by atoms with Crippen molar-refractivity contribution in [2.45, 2.75) is 0 Å². The van der Waals surface area contributed by atoms with E-state index in [-0.39, 0.29) is 11.8 Å². The van der Waals surface area contributed by atoms with E-state index >= 15 is 0 Å². The Balaban J connectivity index is 1.42. The number of tetrazole rings is 1. The summed E-state index contributed by atoms with van der Waals surface area (Å²) in [4.78, 5) is 29.6. The zero-order valence-electron chi connectivity index (χ0n) is 17.8. The van der Waals surface area contributed by atoms with Gasteiger partial charge < -0.3 is 15.2 Å². The van der Waals surface area contributed by atoms with Crippen molar-refractivity contribution in [1.82, 2.24) is 30.2 Å². The lowest BCUT2D eigenvalue weighted by Gasteiger charge is -2.10. The number of aryl methyl sites for hydroxylation is 1. The molecule has 0 spiro atoms. The lowest BCUT2D eigenvalue weighted by atomic mass is 10.1. The van der Waals surface area contributed by atoms with Crippen molar-refractivity contribution >= 4 is 45.7 Å². The van der Waals surface area contributed by atoms with Crippen molar-refractivity contribution in [2.24, 2.45) is 7.05 Å². The fraction of sp³-hybridized carbons (Fsp3) is 0.0435. The number of amides is 2. The standard InChI is InChI=1S/C23H17ClN8O2/c1-32-19-11-16(26-22(33)14-3-2-8-25-12-14)6-4-13(19)9-20(32)23(34)27-18-7-5-15(24)10-17(18)21-28-30-31-29-21/h2-12H,1H3,(H,26,33)(H,27,34)(H,28,29,30,31). The molecular formula is C23H17ClN8O2. The molecule has 0 aliphatic heterocycles. The third-order valence-electron chi connectivity index (χ3n) is 5.29. The Bertz CT molecular complexity index is 1510. The number of carbonyl (C=O) groups is 2. The molecule has 0 aliphatic rings. The summed E-state index contributed by atoms with van der Waals surface area (Å²) in [7, 11) is 1.78. The van der Waals surface area contributed by atoms with E-state index in [9.17, 15) is 9.59 Å². The predicted molar refractivity (Wildman–Crippen MR) is 128 cm³/mol. The maximum atomic E-state index is 13.2. The number of rotatable bonds is 5. The number of aromatic nitrogens is 6. The first kappa shape index (κ1) is 21.3. The quantitative estimate of drug-likeness (QED) is 0.355. The summed E-state index contributed by atoms with van der Waals surface area (Å²) >= 11 is 6.12. The molecule has 0 fully saturated rings. The minimum atomic E-state index is -0.323. The Morgan fingerprint density at radius 1 is 1.03 bits per heavy atom. The van der Waals surface area contributed by atoms with Gasteiger partial charge in [-0.3, -0.25) is 14.6 Å². The van der Waals surface area contributed by atoms with Crippen LogP contribution in [0.25, 0.3) is 22.3 Å². The third kappa shape index (κ3) is 4.09. The van der Waals surface area contributed by atoms with Crippen LogP contribution < -0.4 is 10.6 Å². The highest BCUT2D eigenvalue weighted by Crippen LogP contribution is 2.29. The van der Waals surface area contributed by atoms with E-state index in [0.29, 0.717) is 39.0 Å². The summed E-state index contributed by atoms with van der Waals surface area (Å²) in [5.74, 6) is -0.212. The smallest absolute Gasteiger partial charge is 0.272 e. The van der Waals surface area contributed by atoms with Gasteiger partial charge in [0.2, 0.25) is 0 Å². The van der Waals surface area contributed by atoms with Crippen molar-refractivity contribution in [3.05, 3.63) is 83.3 Å². The minimum absolute atomic E-state index is 0.267. The molecule has 0 aliphatic carbocycles. The summed E-state index contributed by atoms with van der Waals surface area (Å²) in [6, 6.07) is 15.6. The second-order valence-electron chi connectivity index (χ2n) is 7.45. The van der Waals surface area contributed by atoms with Crippen molar-refractivity contribution in [1.29, 1.82) is 0 Å². The Kier molecular flexibility index (Phi) is 5.48. The number of hydrogen-bond donors (Lipinski definition) is 3. The van der Waals surface area contributed by atoms with Crippen LogP contribution >= 0.6 is 11.6 Å². The molecule has 10 nitrogen and oxygen atoms in total. The van der Waals surface area contributed by atoms with E-state index in [1.165, 1.54) is 6.20 Å². The van der Waals surface area contributed by atoms with Crippen molar-refractivity contribution in [3.8, 4) is 11.4 Å². The first-order valence-electron chi connectivity index (χ1n) is 10.2. The Hall–Kier alpha value is -4.57. The molecule has 3 heterocycles. The molecule has 0 atom stereocenters. The number of carbonyl (C=O) groups excluding carboxylic acids is 2. The van der Waals surface area contributed by atoms with Crippen molar-refractivity contribution < 1.29 is 9.59 Å². The minimum Gasteiger partial charge on any atom is -0.340 e. The lowest BCUT2D eigenvalue weighted by molar-refractivity contribution is 0.101. The van der Waals surface area contributed by atoms with Gasteiger partial charge in [-0.25, -0.2) is 5.10 Å². The number of nitrogens with one attached hydrogen (secondary N) is 3. The SMILES string of the molecule is Cn1c(C(=O)Nc2ccc(Cl)cc2-c2nnn[nH]2)cc2ccc(NC(=O)c3cccnc3)cc21. The van der Waals surface area contributed by atoms with E-state index in [4.69, 9.17) is 11.6 Å². The molecule has 168 valence electrons. The second-order valence-corrected chi connectivity index (χ2v) is 7.89. The van der Waals surface area contributed by atoms with Gasteiger partial charge in [0, 0.05) is 41.1 Å². The number of benzene rings is 2. The van der Waals surface area contributed by atoms with Gasteiger partial charge >= 0.3 is 0 Å². The molecule has 3 aromatic heterocycles. The summed E-state index contributed by atoms with van der Waals surface area (Å²) in [5.41, 5.74) is 3.34. The molecule has 0 saturated heterocycles. The zero-order chi connectivity index (χ0) is 23.7. The summed E-state index contributed by atoms with van der Waals surface area (Å²) in [5, 5.41) is 20.8. The molecule has 3 N–H and O–H groups in total. The number of H-pyrrole nitrogens is 1. The van der Waals surface area contributed by atoms with Crippen molar-refractivity contribution in [2.75, 3.05) is 10.6 Å². The Labute approximate surface area is 198 Å². The molecule has 5 aromatic rings. The fourth-order valence-electron chi connectivity index (χ4n) is 3.61. The second kappa shape index (κ2) is 8.75.